The lowest BCUT2D eigenvalue weighted by molar-refractivity contribution is -0.121. The van der Waals surface area contributed by atoms with Gasteiger partial charge in [0.1, 0.15) is 5.75 Å². The Bertz CT molecular complexity index is 1110. The lowest BCUT2D eigenvalue weighted by atomic mass is 9.96. The van der Waals surface area contributed by atoms with Crippen LogP contribution in [0.4, 0.5) is 11.4 Å². The van der Waals surface area contributed by atoms with Gasteiger partial charge in [-0.15, -0.1) is 11.3 Å². The van der Waals surface area contributed by atoms with Crippen LogP contribution in [0.25, 0.3) is 0 Å². The topological polar surface area (TPSA) is 87.7 Å². The second kappa shape index (κ2) is 10.3. The molecule has 1 aromatic heterocycles. The van der Waals surface area contributed by atoms with E-state index in [1.807, 2.05) is 17.5 Å². The first-order chi connectivity index (χ1) is 16.0. The third-order valence-corrected chi connectivity index (χ3v) is 6.43. The molecule has 1 aliphatic heterocycles. The van der Waals surface area contributed by atoms with Crippen molar-refractivity contribution in [3.05, 3.63) is 76.5 Å². The molecule has 0 aliphatic carbocycles. The molecule has 0 bridgehead atoms. The molecule has 170 valence electrons. The van der Waals surface area contributed by atoms with E-state index in [1.165, 1.54) is 11.3 Å². The number of ether oxygens (including phenoxy) is 1. The lowest BCUT2D eigenvalue weighted by Crippen LogP contribution is -2.43. The van der Waals surface area contributed by atoms with Crippen LogP contribution in [-0.4, -0.2) is 42.8 Å². The van der Waals surface area contributed by atoms with Gasteiger partial charge in [0.25, 0.3) is 11.8 Å². The quantitative estimate of drug-likeness (QED) is 0.563. The average Bonchev–Trinajstić information content (AvgIpc) is 3.39. The summed E-state index contributed by atoms with van der Waals surface area (Å²) in [5.74, 6) is 0.0719. The standard InChI is InChI=1S/C25H25N3O4S/c1-32-21-12-10-20(11-13-21)26-23(29)17-6-8-19(9-7-17)27-24(30)18-4-2-14-28(16-18)25(31)22-5-3-15-33-22/h3,5-13,15,18H,2,4,14,16H2,1H3,(H,26,29)(H,27,30)/t18-/m1/s1. The first-order valence-electron chi connectivity index (χ1n) is 10.7. The fraction of sp³-hybridized carbons (Fsp3) is 0.240. The largest absolute Gasteiger partial charge is 0.497 e. The van der Waals surface area contributed by atoms with Crippen molar-refractivity contribution < 1.29 is 19.1 Å². The van der Waals surface area contributed by atoms with E-state index in [1.54, 1.807) is 60.5 Å². The van der Waals surface area contributed by atoms with Crippen molar-refractivity contribution in [1.82, 2.24) is 4.90 Å². The Kier molecular flexibility index (Phi) is 7.04. The zero-order chi connectivity index (χ0) is 23.2. The molecule has 2 aromatic carbocycles. The van der Waals surface area contributed by atoms with E-state index in [0.29, 0.717) is 40.7 Å². The number of hydrogen-bond donors (Lipinski definition) is 2. The van der Waals surface area contributed by atoms with Crippen molar-refractivity contribution in [2.45, 2.75) is 12.8 Å². The van der Waals surface area contributed by atoms with E-state index >= 15 is 0 Å². The SMILES string of the molecule is COc1ccc(NC(=O)c2ccc(NC(=O)[C@@H]3CCCN(C(=O)c4cccs4)C3)cc2)cc1. The highest BCUT2D eigenvalue weighted by molar-refractivity contribution is 7.12. The molecule has 0 spiro atoms. The van der Waals surface area contributed by atoms with Crippen molar-refractivity contribution in [3.8, 4) is 5.75 Å². The predicted octanol–water partition coefficient (Wildman–Crippen LogP) is 4.50. The molecule has 4 rings (SSSR count). The monoisotopic (exact) mass is 463 g/mol. The number of likely N-dealkylation sites (tertiary alicyclic amines) is 1. The van der Waals surface area contributed by atoms with Crippen LogP contribution in [-0.2, 0) is 4.79 Å². The Balaban J connectivity index is 1.32. The number of piperidine rings is 1. The van der Waals surface area contributed by atoms with Crippen molar-refractivity contribution in [3.63, 3.8) is 0 Å². The highest BCUT2D eigenvalue weighted by atomic mass is 32.1. The minimum Gasteiger partial charge on any atom is -0.497 e. The van der Waals surface area contributed by atoms with Crippen molar-refractivity contribution >= 4 is 40.4 Å². The van der Waals surface area contributed by atoms with Crippen LogP contribution in [0.2, 0.25) is 0 Å². The third-order valence-electron chi connectivity index (χ3n) is 5.57. The minimum absolute atomic E-state index is 0.0188. The van der Waals surface area contributed by atoms with E-state index in [2.05, 4.69) is 10.6 Å². The zero-order valence-electron chi connectivity index (χ0n) is 18.2. The molecule has 3 amide bonds. The van der Waals surface area contributed by atoms with Crippen LogP contribution in [0.3, 0.4) is 0 Å². The van der Waals surface area contributed by atoms with E-state index in [9.17, 15) is 14.4 Å². The van der Waals surface area contributed by atoms with E-state index < -0.39 is 0 Å². The molecule has 0 radical (unpaired) electrons. The van der Waals surface area contributed by atoms with Crippen molar-refractivity contribution in [2.24, 2.45) is 5.92 Å². The highest BCUT2D eigenvalue weighted by Crippen LogP contribution is 2.22. The molecule has 7 nitrogen and oxygen atoms in total. The molecular formula is C25H25N3O4S. The van der Waals surface area contributed by atoms with Gasteiger partial charge in [-0.2, -0.15) is 0 Å². The summed E-state index contributed by atoms with van der Waals surface area (Å²) in [5.41, 5.74) is 1.76. The number of rotatable bonds is 6. The number of carbonyl (C=O) groups excluding carboxylic acids is 3. The van der Waals surface area contributed by atoms with Gasteiger partial charge in [0.2, 0.25) is 5.91 Å². The number of methoxy groups -OCH3 is 1. The van der Waals surface area contributed by atoms with Gasteiger partial charge in [-0.25, -0.2) is 0 Å². The van der Waals surface area contributed by atoms with Gasteiger partial charge in [-0.1, -0.05) is 6.07 Å². The summed E-state index contributed by atoms with van der Waals surface area (Å²) in [6, 6.07) is 17.5. The maximum atomic E-state index is 12.8. The van der Waals surface area contributed by atoms with E-state index in [-0.39, 0.29) is 23.6 Å². The molecular weight excluding hydrogens is 438 g/mol. The summed E-state index contributed by atoms with van der Waals surface area (Å²) < 4.78 is 5.12. The molecule has 1 saturated heterocycles. The summed E-state index contributed by atoms with van der Waals surface area (Å²) >= 11 is 1.41. The molecule has 1 atom stereocenters. The number of nitrogens with zero attached hydrogens (tertiary/aromatic N) is 1. The second-order valence-electron chi connectivity index (χ2n) is 7.82. The fourth-order valence-electron chi connectivity index (χ4n) is 3.76. The third kappa shape index (κ3) is 5.59. The van der Waals surface area contributed by atoms with Gasteiger partial charge in [0.15, 0.2) is 0 Å². The van der Waals surface area contributed by atoms with Crippen LogP contribution < -0.4 is 15.4 Å². The zero-order valence-corrected chi connectivity index (χ0v) is 19.1. The second-order valence-corrected chi connectivity index (χ2v) is 8.76. The molecule has 0 unspecified atom stereocenters. The highest BCUT2D eigenvalue weighted by Gasteiger charge is 2.29. The van der Waals surface area contributed by atoms with Crippen LogP contribution in [0.5, 0.6) is 5.75 Å². The molecule has 1 fully saturated rings. The van der Waals surface area contributed by atoms with Gasteiger partial charge in [-0.05, 0) is 72.8 Å². The normalized spacial score (nSPS) is 15.5. The molecule has 2 N–H and O–H groups in total. The number of thiophene rings is 1. The van der Waals surface area contributed by atoms with Crippen molar-refractivity contribution in [2.75, 3.05) is 30.8 Å². The Morgan fingerprint density at radius 3 is 2.33 bits per heavy atom. The Morgan fingerprint density at radius 2 is 1.67 bits per heavy atom. The van der Waals surface area contributed by atoms with E-state index in [0.717, 1.165) is 12.8 Å². The maximum absolute atomic E-state index is 12.8. The van der Waals surface area contributed by atoms with Gasteiger partial charge in [0.05, 0.1) is 17.9 Å². The summed E-state index contributed by atoms with van der Waals surface area (Å²) in [6.07, 6.45) is 1.53. The first kappa shape index (κ1) is 22.5. The van der Waals surface area contributed by atoms with Gasteiger partial charge < -0.3 is 20.3 Å². The van der Waals surface area contributed by atoms with Crippen LogP contribution in [0.15, 0.2) is 66.0 Å². The minimum atomic E-state index is -0.263. The number of nitrogens with one attached hydrogen (secondary N) is 2. The molecule has 0 saturated carbocycles. The van der Waals surface area contributed by atoms with Gasteiger partial charge in [-0.3, -0.25) is 14.4 Å². The Morgan fingerprint density at radius 1 is 0.970 bits per heavy atom. The smallest absolute Gasteiger partial charge is 0.263 e. The van der Waals surface area contributed by atoms with Crippen molar-refractivity contribution in [1.29, 1.82) is 0 Å². The first-order valence-corrected chi connectivity index (χ1v) is 11.6. The maximum Gasteiger partial charge on any atom is 0.263 e. The molecule has 1 aliphatic rings. The van der Waals surface area contributed by atoms with Crippen LogP contribution in [0.1, 0.15) is 32.9 Å². The molecule has 3 aromatic rings. The van der Waals surface area contributed by atoms with E-state index in [4.69, 9.17) is 4.74 Å². The Hall–Kier alpha value is -3.65. The van der Waals surface area contributed by atoms with Gasteiger partial charge >= 0.3 is 0 Å². The summed E-state index contributed by atoms with van der Waals surface area (Å²) in [6.45, 7) is 1.07. The Labute approximate surface area is 196 Å². The predicted molar refractivity (Wildman–Crippen MR) is 129 cm³/mol. The van der Waals surface area contributed by atoms with Crippen LogP contribution in [0, 0.1) is 5.92 Å². The summed E-state index contributed by atoms with van der Waals surface area (Å²) in [5, 5.41) is 7.62. The molecule has 33 heavy (non-hydrogen) atoms. The number of hydrogen-bond acceptors (Lipinski definition) is 5. The number of carbonyl (C=O) groups is 3. The average molecular weight is 464 g/mol. The molecule has 2 heterocycles. The fourth-order valence-corrected chi connectivity index (χ4v) is 4.45. The lowest BCUT2D eigenvalue weighted by Gasteiger charge is -2.31. The molecule has 8 heteroatoms. The number of anilines is 2. The summed E-state index contributed by atoms with van der Waals surface area (Å²) in [7, 11) is 1.59. The summed E-state index contributed by atoms with van der Waals surface area (Å²) in [4.78, 5) is 40.3. The number of benzene rings is 2. The van der Waals surface area contributed by atoms with Crippen LogP contribution >= 0.6 is 11.3 Å². The number of amides is 3. The van der Waals surface area contributed by atoms with Gasteiger partial charge in [0, 0.05) is 30.0 Å².